The van der Waals surface area contributed by atoms with Gasteiger partial charge < -0.3 is 28.7 Å². The van der Waals surface area contributed by atoms with Gasteiger partial charge in [-0.3, -0.25) is 9.36 Å². The minimum Gasteiger partial charge on any atom is -0.497 e. The predicted octanol–water partition coefficient (Wildman–Crippen LogP) is 6.45. The Morgan fingerprint density at radius 3 is 2.31 bits per heavy atom. The topological polar surface area (TPSA) is 95.4 Å². The number of hydrogen-bond donors (Lipinski definition) is 0. The molecule has 0 saturated carbocycles. The lowest BCUT2D eigenvalue weighted by molar-refractivity contribution is 0.0136. The highest BCUT2D eigenvalue weighted by Gasteiger charge is 2.30. The van der Waals surface area contributed by atoms with Crippen LogP contribution in [0.5, 0.6) is 11.5 Å². The zero-order valence-electron chi connectivity index (χ0n) is 28.1. The maximum absolute atomic E-state index is 13.8. The molecule has 11 heteroatoms. The fourth-order valence-corrected chi connectivity index (χ4v) is 5.78. The second-order valence-corrected chi connectivity index (χ2v) is 19.4. The van der Waals surface area contributed by atoms with Crippen molar-refractivity contribution in [3.8, 4) is 11.5 Å². The van der Waals surface area contributed by atoms with Gasteiger partial charge in [-0.15, -0.1) is 0 Å². The molecule has 3 aromatic rings. The lowest BCUT2D eigenvalue weighted by Crippen LogP contribution is -2.52. The summed E-state index contributed by atoms with van der Waals surface area (Å²) < 4.78 is 24.7. The van der Waals surface area contributed by atoms with E-state index in [1.165, 1.54) is 5.56 Å². The Labute approximate surface area is 268 Å². The number of carbonyl (C=O) groups is 2. The van der Waals surface area contributed by atoms with Gasteiger partial charge in [-0.2, -0.15) is 0 Å². The number of methoxy groups -OCH3 is 1. The summed E-state index contributed by atoms with van der Waals surface area (Å²) in [4.78, 5) is 34.6. The summed E-state index contributed by atoms with van der Waals surface area (Å²) in [6, 6.07) is 14.9. The van der Waals surface area contributed by atoms with Gasteiger partial charge in [-0.25, -0.2) is 9.78 Å². The number of imidazole rings is 1. The highest BCUT2D eigenvalue weighted by atomic mass is 28.3. The van der Waals surface area contributed by atoms with Crippen molar-refractivity contribution in [2.45, 2.75) is 78.1 Å². The van der Waals surface area contributed by atoms with Crippen molar-refractivity contribution >= 4 is 31.1 Å². The van der Waals surface area contributed by atoms with E-state index < -0.39 is 13.7 Å². The average Bonchev–Trinajstić information content (AvgIpc) is 3.35. The summed E-state index contributed by atoms with van der Waals surface area (Å²) >= 11 is 0. The minimum absolute atomic E-state index is 0.153. The van der Waals surface area contributed by atoms with Crippen molar-refractivity contribution < 1.29 is 28.5 Å². The Bertz CT molecular complexity index is 1440. The van der Waals surface area contributed by atoms with E-state index in [2.05, 4.69) is 31.8 Å². The standard InChI is InChI=1S/C34H50N4O6Si/c1-34(2,3)44-33(40)37-18-16-36(17-19-37)32(39)31-35-29-15-14-26(23-30(29)38(31)25-42-21-22-45(5,6)7)11-8-9-20-43-28-13-10-12-27(24-28)41-4/h10,12-15,23-24H,8-9,11,16-22,25H2,1-7H3. The molecule has 1 aliphatic heterocycles. The largest absolute Gasteiger partial charge is 0.497 e. The number of aryl methyl sites for hydroxylation is 1. The molecule has 0 N–H and O–H groups in total. The van der Waals surface area contributed by atoms with E-state index >= 15 is 0 Å². The number of unbranched alkanes of at least 4 members (excludes halogenated alkanes) is 1. The molecule has 2 amide bonds. The first-order valence-electron chi connectivity index (χ1n) is 15.9. The molecular formula is C34H50N4O6Si. The maximum Gasteiger partial charge on any atom is 0.410 e. The van der Waals surface area contributed by atoms with Crippen molar-refractivity contribution in [3.05, 3.63) is 53.9 Å². The molecule has 1 fully saturated rings. The van der Waals surface area contributed by atoms with E-state index in [1.54, 1.807) is 16.9 Å². The molecule has 1 saturated heterocycles. The fraction of sp³-hybridized carbons (Fsp3) is 0.559. The third kappa shape index (κ3) is 10.2. The van der Waals surface area contributed by atoms with Crippen LogP contribution in [0.4, 0.5) is 4.79 Å². The van der Waals surface area contributed by atoms with Crippen LogP contribution in [0, 0.1) is 0 Å². The summed E-state index contributed by atoms with van der Waals surface area (Å²) in [5, 5.41) is 0. The first-order chi connectivity index (χ1) is 21.3. The van der Waals surface area contributed by atoms with Crippen LogP contribution in [0.1, 0.15) is 49.8 Å². The first kappa shape index (κ1) is 34.3. The van der Waals surface area contributed by atoms with Crippen molar-refractivity contribution in [2.24, 2.45) is 0 Å². The van der Waals surface area contributed by atoms with Crippen LogP contribution in [-0.4, -0.2) is 91.5 Å². The lowest BCUT2D eigenvalue weighted by Gasteiger charge is -2.35. The summed E-state index contributed by atoms with van der Waals surface area (Å²) in [5.41, 5.74) is 2.28. The number of ether oxygens (including phenoxy) is 4. The van der Waals surface area contributed by atoms with Gasteiger partial charge in [-0.05, 0) is 75.9 Å². The van der Waals surface area contributed by atoms with E-state index in [-0.39, 0.29) is 18.7 Å². The molecule has 2 heterocycles. The normalized spacial score (nSPS) is 14.1. The summed E-state index contributed by atoms with van der Waals surface area (Å²) in [5.74, 6) is 1.80. The van der Waals surface area contributed by atoms with Crippen LogP contribution in [-0.2, 0) is 22.6 Å². The molecule has 0 spiro atoms. The maximum atomic E-state index is 13.8. The average molecular weight is 639 g/mol. The van der Waals surface area contributed by atoms with E-state index in [4.69, 9.17) is 23.9 Å². The number of fused-ring (bicyclic) bond motifs is 1. The molecular weight excluding hydrogens is 588 g/mol. The molecule has 0 atom stereocenters. The van der Waals surface area contributed by atoms with E-state index in [0.717, 1.165) is 47.8 Å². The molecule has 246 valence electrons. The molecule has 0 aliphatic carbocycles. The number of hydrogen-bond acceptors (Lipinski definition) is 7. The number of carbonyl (C=O) groups excluding carboxylic acids is 2. The number of nitrogens with zero attached hydrogens (tertiary/aromatic N) is 4. The fourth-order valence-electron chi connectivity index (χ4n) is 5.02. The number of aromatic nitrogens is 2. The van der Waals surface area contributed by atoms with E-state index in [9.17, 15) is 9.59 Å². The van der Waals surface area contributed by atoms with Crippen LogP contribution in [0.25, 0.3) is 11.0 Å². The monoisotopic (exact) mass is 638 g/mol. The van der Waals surface area contributed by atoms with Gasteiger partial charge in [-0.1, -0.05) is 31.8 Å². The Morgan fingerprint density at radius 2 is 1.62 bits per heavy atom. The molecule has 4 rings (SSSR count). The Kier molecular flexibility index (Phi) is 11.5. The highest BCUT2D eigenvalue weighted by Crippen LogP contribution is 2.23. The van der Waals surface area contributed by atoms with Crippen LogP contribution in [0.2, 0.25) is 25.7 Å². The lowest BCUT2D eigenvalue weighted by atomic mass is 10.1. The van der Waals surface area contributed by atoms with Crippen LogP contribution in [0.15, 0.2) is 42.5 Å². The van der Waals surface area contributed by atoms with Crippen molar-refractivity contribution in [2.75, 3.05) is 46.5 Å². The molecule has 1 aliphatic rings. The molecule has 0 unspecified atom stereocenters. The predicted molar refractivity (Wildman–Crippen MR) is 179 cm³/mol. The first-order valence-corrected chi connectivity index (χ1v) is 19.6. The van der Waals surface area contributed by atoms with Crippen LogP contribution < -0.4 is 9.47 Å². The van der Waals surface area contributed by atoms with Crippen molar-refractivity contribution in [1.82, 2.24) is 19.4 Å². The van der Waals surface area contributed by atoms with Crippen LogP contribution in [0.3, 0.4) is 0 Å². The second kappa shape index (κ2) is 15.1. The summed E-state index contributed by atoms with van der Waals surface area (Å²) in [6.45, 7) is 15.7. The van der Waals surface area contributed by atoms with Gasteiger partial charge in [0.15, 0.2) is 0 Å². The Balaban J connectivity index is 1.42. The number of amides is 2. The zero-order chi connectivity index (χ0) is 32.6. The van der Waals surface area contributed by atoms with E-state index in [1.807, 2.05) is 55.7 Å². The Morgan fingerprint density at radius 1 is 0.911 bits per heavy atom. The van der Waals surface area contributed by atoms with Gasteiger partial charge >= 0.3 is 6.09 Å². The minimum atomic E-state index is -1.27. The van der Waals surface area contributed by atoms with Gasteiger partial charge in [0, 0.05) is 46.9 Å². The smallest absolute Gasteiger partial charge is 0.410 e. The number of piperazine rings is 1. The van der Waals surface area contributed by atoms with Gasteiger partial charge in [0.05, 0.1) is 24.8 Å². The SMILES string of the molecule is COc1cccc(OCCCCc2ccc3nc(C(=O)N4CCN(C(=O)OC(C)(C)C)CC4)n(COCC[Si](C)(C)C)c3c2)c1. The Hall–Kier alpha value is -3.57. The molecule has 0 bridgehead atoms. The summed E-state index contributed by atoms with van der Waals surface area (Å²) in [7, 11) is 0.381. The molecule has 0 radical (unpaired) electrons. The molecule has 1 aromatic heterocycles. The summed E-state index contributed by atoms with van der Waals surface area (Å²) in [6.07, 6.45) is 2.41. The number of benzene rings is 2. The third-order valence-corrected chi connectivity index (χ3v) is 9.31. The quantitative estimate of drug-likeness (QED) is 0.157. The third-order valence-electron chi connectivity index (χ3n) is 7.61. The van der Waals surface area contributed by atoms with Gasteiger partial charge in [0.1, 0.15) is 23.8 Å². The van der Waals surface area contributed by atoms with Crippen molar-refractivity contribution in [3.63, 3.8) is 0 Å². The van der Waals surface area contributed by atoms with E-state index in [0.29, 0.717) is 45.2 Å². The molecule has 2 aromatic carbocycles. The highest BCUT2D eigenvalue weighted by molar-refractivity contribution is 6.76. The zero-order valence-corrected chi connectivity index (χ0v) is 29.1. The number of rotatable bonds is 13. The van der Waals surface area contributed by atoms with Crippen LogP contribution >= 0.6 is 0 Å². The molecule has 45 heavy (non-hydrogen) atoms. The van der Waals surface area contributed by atoms with Crippen molar-refractivity contribution in [1.29, 1.82) is 0 Å². The van der Waals surface area contributed by atoms with Gasteiger partial charge in [0.25, 0.3) is 5.91 Å². The molecule has 10 nitrogen and oxygen atoms in total. The second-order valence-electron chi connectivity index (χ2n) is 13.8. The van der Waals surface area contributed by atoms with Gasteiger partial charge in [0.2, 0.25) is 5.82 Å².